The molecule has 1 saturated heterocycles. The third-order valence-electron chi connectivity index (χ3n) is 11.3. The summed E-state index contributed by atoms with van der Waals surface area (Å²) in [6.07, 6.45) is 8.72. The first kappa shape index (κ1) is 53.1. The van der Waals surface area contributed by atoms with Crippen LogP contribution in [0.15, 0.2) is 0 Å². The summed E-state index contributed by atoms with van der Waals surface area (Å²) in [7, 11) is -1.79. The predicted octanol–water partition coefficient (Wildman–Crippen LogP) is 8.24. The molecular formula is C42H75N4O7RfSi-. The maximum Gasteiger partial charge on any atom is 0.308 e. The summed E-state index contributed by atoms with van der Waals surface area (Å²) < 4.78 is 15.5. The van der Waals surface area contributed by atoms with Crippen LogP contribution in [0, 0.1) is 57.7 Å². The first-order chi connectivity index (χ1) is 24.8. The summed E-state index contributed by atoms with van der Waals surface area (Å²) in [5, 5.41) is 24.0. The van der Waals surface area contributed by atoms with Gasteiger partial charge in [-0.05, 0) is 119 Å². The van der Waals surface area contributed by atoms with E-state index in [1.54, 1.807) is 0 Å². The van der Waals surface area contributed by atoms with E-state index in [-0.39, 0.29) is 46.9 Å². The molecule has 2 amide bonds. The number of nitrogens with zero attached hydrogens (tertiary/aromatic N) is 2. The zero-order chi connectivity index (χ0) is 42.0. The molecule has 55 heavy (non-hydrogen) atoms. The monoisotopic (exact) mass is 1040 g/mol. The predicted molar refractivity (Wildman–Crippen MR) is 216 cm³/mol. The van der Waals surface area contributed by atoms with E-state index < -0.39 is 18.9 Å². The van der Waals surface area contributed by atoms with E-state index in [1.165, 1.54) is 0 Å². The number of epoxide rings is 1. The molecule has 1 aliphatic carbocycles. The molecule has 11 nitrogen and oxygen atoms in total. The third kappa shape index (κ3) is 21.1. The van der Waals surface area contributed by atoms with Gasteiger partial charge >= 0.3 is 11.9 Å². The van der Waals surface area contributed by atoms with Gasteiger partial charge < -0.3 is 31.8 Å². The standard InChI is InChI=1S/C22H40N4O2Si.C12H20O3.C8H15O2.Rf/c1-20(2,16-23)12-10-18(27)25-14-9-15-29(7,8)22(5,6)26-19(28)11-13-21(3,4)17-24;1-3-8(2)12(13)14-7-9-4-5-10-11(6-9)15-10;1-5-8(3,4)7(9)10-6-2;/h9-15H2,1-8H3,(H,25,27)(H,26,28);8-11H,3-7H2,1-2H3;2,5-6H2,1,3-4H3;/q;;-1;. The van der Waals surface area contributed by atoms with E-state index in [0.717, 1.165) is 44.6 Å². The Morgan fingerprint density at radius 1 is 0.891 bits per heavy atom. The van der Waals surface area contributed by atoms with Crippen molar-refractivity contribution in [1.82, 2.24) is 10.6 Å². The number of nitrogens with one attached hydrogen (secondary N) is 2. The molecule has 2 fully saturated rings. The third-order valence-corrected chi connectivity index (χ3v) is 16.4. The van der Waals surface area contributed by atoms with Crippen LogP contribution in [-0.4, -0.2) is 69.0 Å². The normalized spacial score (nSPS) is 18.4. The van der Waals surface area contributed by atoms with E-state index in [0.29, 0.717) is 57.0 Å². The Balaban J connectivity index is 0. The summed E-state index contributed by atoms with van der Waals surface area (Å²) in [6, 6.07) is 5.42. The van der Waals surface area contributed by atoms with Crippen LogP contribution < -0.4 is 10.6 Å². The average Bonchev–Trinajstić information content (AvgIpc) is 3.90. The van der Waals surface area contributed by atoms with Crippen molar-refractivity contribution in [3.63, 3.8) is 0 Å². The van der Waals surface area contributed by atoms with Crippen LogP contribution in [0.4, 0.5) is 0 Å². The Kier molecular flexibility index (Phi) is 23.0. The van der Waals surface area contributed by atoms with Gasteiger partial charge in [-0.2, -0.15) is 10.5 Å². The molecule has 2 N–H and O–H groups in total. The summed E-state index contributed by atoms with van der Waals surface area (Å²) in [4.78, 5) is 46.8. The second kappa shape index (κ2) is 23.8. The maximum absolute atomic E-state index is 12.4. The molecule has 4 unspecified atom stereocenters. The summed E-state index contributed by atoms with van der Waals surface area (Å²) in [6.45, 7) is 30.5. The fourth-order valence-corrected chi connectivity index (χ4v) is 7.45. The van der Waals surface area contributed by atoms with Crippen LogP contribution in [0.1, 0.15) is 140 Å². The summed E-state index contributed by atoms with van der Waals surface area (Å²) in [5.41, 5.74) is -1.32. The maximum atomic E-state index is 12.4. The first-order valence-electron chi connectivity index (χ1n) is 20.0. The van der Waals surface area contributed by atoms with Gasteiger partial charge in [-0.15, -0.1) is 0 Å². The Labute approximate surface area is 329 Å². The number of ether oxygens (including phenoxy) is 3. The summed E-state index contributed by atoms with van der Waals surface area (Å²) >= 11 is 0. The molecule has 1 aliphatic heterocycles. The number of nitriles is 2. The van der Waals surface area contributed by atoms with Gasteiger partial charge in [0.25, 0.3) is 0 Å². The fourth-order valence-electron chi connectivity index (χ4n) is 5.28. The molecule has 0 radical (unpaired) electrons. The van der Waals surface area contributed by atoms with Gasteiger partial charge in [0.05, 0.1) is 61.2 Å². The van der Waals surface area contributed by atoms with Gasteiger partial charge in [-0.25, -0.2) is 0 Å². The average molecular weight is 1040 g/mol. The molecule has 0 spiro atoms. The number of carbonyl (C=O) groups is 4. The number of fused-ring (bicyclic) bond motifs is 1. The molecule has 2 aliphatic rings. The van der Waals surface area contributed by atoms with Crippen molar-refractivity contribution in [2.75, 3.05) is 19.8 Å². The SMILES string of the molecule is CC(C)(C#N)CCC(=O)NCCC[Si](C)(C)C(C)(C)NC(=O)CCC(C)(C)C#N.CCC(C)C(=O)OCC1CCC2OC2C1.[CH2-]COC(=O)C(C)(C)CC.[Rf]. The number of esters is 2. The minimum atomic E-state index is -1.79. The van der Waals surface area contributed by atoms with Gasteiger partial charge in [0.2, 0.25) is 11.8 Å². The van der Waals surface area contributed by atoms with Gasteiger partial charge in [0.15, 0.2) is 0 Å². The van der Waals surface area contributed by atoms with Crippen LogP contribution in [0.2, 0.25) is 19.1 Å². The topological polar surface area (TPSA) is 171 Å². The molecule has 1 saturated carbocycles. The van der Waals surface area contributed by atoms with E-state index in [4.69, 9.17) is 24.7 Å². The van der Waals surface area contributed by atoms with Gasteiger partial charge in [-0.1, -0.05) is 39.9 Å². The van der Waals surface area contributed by atoms with E-state index in [9.17, 15) is 19.2 Å². The quantitative estimate of drug-likeness (QED) is 0.0425. The van der Waals surface area contributed by atoms with Crippen LogP contribution in [0.25, 0.3) is 0 Å². The number of hydrogen-bond donors (Lipinski definition) is 2. The van der Waals surface area contributed by atoms with Gasteiger partial charge in [0, 0.05) is 24.5 Å². The molecule has 0 aromatic carbocycles. The van der Waals surface area contributed by atoms with E-state index >= 15 is 0 Å². The fraction of sp³-hybridized carbons (Fsp3) is 0.833. The van der Waals surface area contributed by atoms with Crippen LogP contribution in [0.3, 0.4) is 0 Å². The molecule has 2 rings (SSSR count). The molecule has 0 aromatic heterocycles. The number of carbonyl (C=O) groups excluding carboxylic acids is 4. The van der Waals surface area contributed by atoms with Crippen molar-refractivity contribution in [2.24, 2.45) is 28.1 Å². The Bertz CT molecular complexity index is 1290. The number of rotatable bonds is 19. The Morgan fingerprint density at radius 3 is 1.91 bits per heavy atom. The largest absolute Gasteiger partial charge is 0.498 e. The minimum Gasteiger partial charge on any atom is -0.498 e. The molecule has 1 heterocycles. The summed E-state index contributed by atoms with van der Waals surface area (Å²) in [5.74, 6) is 0.342. The van der Waals surface area contributed by atoms with Crippen molar-refractivity contribution >= 4 is 31.8 Å². The zero-order valence-corrected chi connectivity index (χ0v) is 44.3. The molecule has 0 bridgehead atoms. The molecule has 4 atom stereocenters. The second-order valence-corrected chi connectivity index (χ2v) is 23.7. The van der Waals surface area contributed by atoms with Crippen LogP contribution in [0.5, 0.6) is 0 Å². The zero-order valence-electron chi connectivity index (χ0n) is 36.9. The van der Waals surface area contributed by atoms with E-state index in [2.05, 4.69) is 56.6 Å². The molecule has 312 valence electrons. The van der Waals surface area contributed by atoms with Crippen LogP contribution >= 0.6 is 0 Å². The molecule has 0 aromatic rings. The molecule has 13 heteroatoms. The van der Waals surface area contributed by atoms with Crippen LogP contribution in [-0.2, 0) is 33.4 Å². The van der Waals surface area contributed by atoms with Crippen molar-refractivity contribution in [3.8, 4) is 12.1 Å². The van der Waals surface area contributed by atoms with Gasteiger partial charge in [-0.3, -0.25) is 19.2 Å². The number of hydrogen-bond acceptors (Lipinski definition) is 9. The van der Waals surface area contributed by atoms with Crippen molar-refractivity contribution < 1.29 is 33.4 Å². The Hall–Kier alpha value is -3.96. The molecular weight excluding hydrogens is 968 g/mol. The number of amides is 2. The Morgan fingerprint density at radius 2 is 1.44 bits per heavy atom. The van der Waals surface area contributed by atoms with E-state index in [1.807, 2.05) is 62.3 Å². The first-order valence-corrected chi connectivity index (χ1v) is 23.2. The van der Waals surface area contributed by atoms with Gasteiger partial charge in [0.1, 0.15) is 0 Å². The van der Waals surface area contributed by atoms with Crippen molar-refractivity contribution in [3.05, 3.63) is 6.92 Å². The smallest absolute Gasteiger partial charge is 0.308 e. The second-order valence-electron chi connectivity index (χ2n) is 18.2. The minimum absolute atomic E-state index is 0. The van der Waals surface area contributed by atoms with Crippen molar-refractivity contribution in [2.45, 2.75) is 177 Å². The van der Waals surface area contributed by atoms with Crippen molar-refractivity contribution in [1.29, 1.82) is 10.5 Å².